The Kier molecular flexibility index (Phi) is 7.45. The fraction of sp³-hybridized carbons (Fsp3) is 0.353. The molecule has 2 N–H and O–H groups in total. The van der Waals surface area contributed by atoms with E-state index < -0.39 is 11.9 Å². The summed E-state index contributed by atoms with van der Waals surface area (Å²) in [6.45, 7) is 3.55. The lowest BCUT2D eigenvalue weighted by molar-refractivity contribution is -0.138. The van der Waals surface area contributed by atoms with Crippen LogP contribution in [0.3, 0.4) is 0 Å². The van der Waals surface area contributed by atoms with E-state index in [1.54, 1.807) is 32.0 Å². The highest BCUT2D eigenvalue weighted by atomic mass is 16.5. The van der Waals surface area contributed by atoms with E-state index >= 15 is 0 Å². The first-order valence-electron chi connectivity index (χ1n) is 7.46. The minimum Gasteiger partial charge on any atom is -0.494 e. The van der Waals surface area contributed by atoms with Gasteiger partial charge in [0.2, 0.25) is 5.91 Å². The first-order chi connectivity index (χ1) is 11.8. The van der Waals surface area contributed by atoms with E-state index in [0.29, 0.717) is 17.1 Å². The standard InChI is InChI=1S/C17H22N2O6/c1-10(2)16(21)19-12-7-6-11(8-14(12)23-3)18-13(17(22)25-5)9-15(20)24-4/h6-10,18H,1-5H3,(H,19,21)/b13-9+. The predicted molar refractivity (Wildman–Crippen MR) is 92.2 cm³/mol. The molecule has 0 aliphatic rings. The predicted octanol–water partition coefficient (Wildman–Crippen LogP) is 1.93. The van der Waals surface area contributed by atoms with Gasteiger partial charge in [0.05, 0.1) is 33.1 Å². The molecular weight excluding hydrogens is 328 g/mol. The van der Waals surface area contributed by atoms with Gasteiger partial charge in [-0.2, -0.15) is 0 Å². The van der Waals surface area contributed by atoms with Gasteiger partial charge in [0.1, 0.15) is 11.4 Å². The summed E-state index contributed by atoms with van der Waals surface area (Å²) in [4.78, 5) is 35.0. The molecule has 0 aromatic heterocycles. The highest BCUT2D eigenvalue weighted by molar-refractivity contribution is 5.99. The van der Waals surface area contributed by atoms with Gasteiger partial charge in [-0.15, -0.1) is 0 Å². The lowest BCUT2D eigenvalue weighted by atomic mass is 10.2. The zero-order valence-corrected chi connectivity index (χ0v) is 14.8. The number of ether oxygens (including phenoxy) is 3. The number of methoxy groups -OCH3 is 3. The van der Waals surface area contributed by atoms with Crippen molar-refractivity contribution in [2.24, 2.45) is 5.92 Å². The van der Waals surface area contributed by atoms with Crippen LogP contribution in [0.2, 0.25) is 0 Å². The molecule has 0 bridgehead atoms. The molecule has 136 valence electrons. The van der Waals surface area contributed by atoms with Gasteiger partial charge < -0.3 is 24.8 Å². The molecule has 0 fully saturated rings. The van der Waals surface area contributed by atoms with Crippen LogP contribution in [0.4, 0.5) is 11.4 Å². The highest BCUT2D eigenvalue weighted by Gasteiger charge is 2.15. The van der Waals surface area contributed by atoms with E-state index in [1.807, 2.05) is 0 Å². The summed E-state index contributed by atoms with van der Waals surface area (Å²) in [5.74, 6) is -1.39. The average molecular weight is 350 g/mol. The van der Waals surface area contributed by atoms with Crippen molar-refractivity contribution < 1.29 is 28.6 Å². The zero-order valence-electron chi connectivity index (χ0n) is 14.8. The van der Waals surface area contributed by atoms with E-state index in [2.05, 4.69) is 20.1 Å². The van der Waals surface area contributed by atoms with Crippen LogP contribution in [0, 0.1) is 5.92 Å². The first kappa shape index (κ1) is 20.0. The third-order valence-electron chi connectivity index (χ3n) is 3.13. The monoisotopic (exact) mass is 350 g/mol. The maximum Gasteiger partial charge on any atom is 0.354 e. The molecule has 1 aromatic carbocycles. The summed E-state index contributed by atoms with van der Waals surface area (Å²) in [7, 11) is 3.85. The Morgan fingerprint density at radius 3 is 2.24 bits per heavy atom. The second-order valence-corrected chi connectivity index (χ2v) is 5.26. The summed E-state index contributed by atoms with van der Waals surface area (Å²) >= 11 is 0. The number of carbonyl (C=O) groups is 3. The van der Waals surface area contributed by atoms with Crippen LogP contribution in [-0.4, -0.2) is 39.2 Å². The summed E-state index contributed by atoms with van der Waals surface area (Å²) in [6.07, 6.45) is 0.979. The molecule has 0 spiro atoms. The summed E-state index contributed by atoms with van der Waals surface area (Å²) in [5.41, 5.74) is 0.846. The Balaban J connectivity index is 3.08. The van der Waals surface area contributed by atoms with Gasteiger partial charge in [-0.25, -0.2) is 9.59 Å². The fourth-order valence-electron chi connectivity index (χ4n) is 1.74. The van der Waals surface area contributed by atoms with E-state index in [-0.39, 0.29) is 17.5 Å². The van der Waals surface area contributed by atoms with Crippen molar-refractivity contribution in [1.82, 2.24) is 0 Å². The van der Waals surface area contributed by atoms with Gasteiger partial charge in [0.25, 0.3) is 0 Å². The molecular formula is C17H22N2O6. The molecule has 1 amide bonds. The number of hydrogen-bond acceptors (Lipinski definition) is 7. The van der Waals surface area contributed by atoms with Crippen molar-refractivity contribution in [2.75, 3.05) is 32.0 Å². The Morgan fingerprint density at radius 2 is 1.72 bits per heavy atom. The van der Waals surface area contributed by atoms with Crippen molar-refractivity contribution >= 4 is 29.2 Å². The smallest absolute Gasteiger partial charge is 0.354 e. The topological polar surface area (TPSA) is 103 Å². The van der Waals surface area contributed by atoms with Gasteiger partial charge in [-0.1, -0.05) is 13.8 Å². The van der Waals surface area contributed by atoms with Gasteiger partial charge in [0, 0.05) is 17.7 Å². The SMILES string of the molecule is COC(=O)/C=C(/Nc1ccc(NC(=O)C(C)C)c(OC)c1)C(=O)OC. The number of rotatable bonds is 7. The molecule has 0 heterocycles. The normalized spacial score (nSPS) is 10.9. The summed E-state index contributed by atoms with van der Waals surface area (Å²) < 4.78 is 14.4. The largest absolute Gasteiger partial charge is 0.494 e. The molecule has 8 heteroatoms. The fourth-order valence-corrected chi connectivity index (χ4v) is 1.74. The highest BCUT2D eigenvalue weighted by Crippen LogP contribution is 2.29. The third-order valence-corrected chi connectivity index (χ3v) is 3.13. The maximum absolute atomic E-state index is 11.8. The molecule has 0 radical (unpaired) electrons. The van der Waals surface area contributed by atoms with Crippen LogP contribution in [-0.2, 0) is 23.9 Å². The molecule has 8 nitrogen and oxygen atoms in total. The Bertz CT molecular complexity index is 682. The van der Waals surface area contributed by atoms with Crippen molar-refractivity contribution in [3.8, 4) is 5.75 Å². The number of nitrogens with one attached hydrogen (secondary N) is 2. The second kappa shape index (κ2) is 9.31. The minimum absolute atomic E-state index is 0.102. The summed E-state index contributed by atoms with van der Waals surface area (Å²) in [5, 5.41) is 5.51. The first-order valence-corrected chi connectivity index (χ1v) is 7.46. The molecule has 25 heavy (non-hydrogen) atoms. The number of esters is 2. The number of amides is 1. The molecule has 0 aliphatic heterocycles. The Hall–Kier alpha value is -3.03. The van der Waals surface area contributed by atoms with Crippen LogP contribution in [0.1, 0.15) is 13.8 Å². The van der Waals surface area contributed by atoms with Gasteiger partial charge in [-0.05, 0) is 12.1 Å². The summed E-state index contributed by atoms with van der Waals surface area (Å²) in [6, 6.07) is 4.81. The average Bonchev–Trinajstić information content (AvgIpc) is 2.61. The number of benzene rings is 1. The number of carbonyl (C=O) groups excluding carboxylic acids is 3. The molecule has 0 saturated carbocycles. The molecule has 0 saturated heterocycles. The van der Waals surface area contributed by atoms with Gasteiger partial charge >= 0.3 is 11.9 Å². The van der Waals surface area contributed by atoms with Gasteiger partial charge in [0.15, 0.2) is 0 Å². The van der Waals surface area contributed by atoms with E-state index in [4.69, 9.17) is 4.74 Å². The molecule has 0 atom stereocenters. The second-order valence-electron chi connectivity index (χ2n) is 5.26. The van der Waals surface area contributed by atoms with Crippen molar-refractivity contribution in [3.05, 3.63) is 30.0 Å². The van der Waals surface area contributed by atoms with E-state index in [9.17, 15) is 14.4 Å². The third kappa shape index (κ3) is 5.83. The van der Waals surface area contributed by atoms with Crippen molar-refractivity contribution in [2.45, 2.75) is 13.8 Å². The number of anilines is 2. The van der Waals surface area contributed by atoms with E-state index in [1.165, 1.54) is 21.3 Å². The molecule has 1 rings (SSSR count). The maximum atomic E-state index is 11.8. The zero-order chi connectivity index (χ0) is 19.0. The van der Waals surface area contributed by atoms with Crippen LogP contribution < -0.4 is 15.4 Å². The molecule has 1 aromatic rings. The van der Waals surface area contributed by atoms with Crippen molar-refractivity contribution in [3.63, 3.8) is 0 Å². The van der Waals surface area contributed by atoms with Crippen LogP contribution in [0.15, 0.2) is 30.0 Å². The van der Waals surface area contributed by atoms with Crippen LogP contribution in [0.25, 0.3) is 0 Å². The van der Waals surface area contributed by atoms with Crippen LogP contribution in [0.5, 0.6) is 5.75 Å². The van der Waals surface area contributed by atoms with Crippen molar-refractivity contribution in [1.29, 1.82) is 0 Å². The molecule has 0 aliphatic carbocycles. The minimum atomic E-state index is -0.735. The Labute approximate surface area is 146 Å². The molecule has 0 unspecified atom stereocenters. The Morgan fingerprint density at radius 1 is 1.04 bits per heavy atom. The van der Waals surface area contributed by atoms with E-state index in [0.717, 1.165) is 6.08 Å². The van der Waals surface area contributed by atoms with Crippen LogP contribution >= 0.6 is 0 Å². The quantitative estimate of drug-likeness (QED) is 0.572. The lowest BCUT2D eigenvalue weighted by Gasteiger charge is -2.14. The van der Waals surface area contributed by atoms with Gasteiger partial charge in [-0.3, -0.25) is 4.79 Å². The lowest BCUT2D eigenvalue weighted by Crippen LogP contribution is -2.18. The number of hydrogen-bond donors (Lipinski definition) is 2.